The molecule has 0 aliphatic heterocycles. The second kappa shape index (κ2) is 6.98. The van der Waals surface area contributed by atoms with Crippen molar-refractivity contribution in [1.82, 2.24) is 14.9 Å². The number of aromatic nitrogens is 3. The van der Waals surface area contributed by atoms with E-state index in [4.69, 9.17) is 12.2 Å². The molecule has 0 aliphatic rings. The van der Waals surface area contributed by atoms with Gasteiger partial charge in [-0.25, -0.2) is 5.10 Å². The van der Waals surface area contributed by atoms with Gasteiger partial charge in [0.15, 0.2) is 5.82 Å². The molecule has 1 N–H and O–H groups in total. The van der Waals surface area contributed by atoms with E-state index in [0.717, 1.165) is 11.1 Å². The minimum atomic E-state index is 0.463. The van der Waals surface area contributed by atoms with Crippen LogP contribution in [0, 0.1) is 11.7 Å². The van der Waals surface area contributed by atoms with Crippen LogP contribution in [0.1, 0.15) is 11.1 Å². The molecule has 3 aromatic rings. The van der Waals surface area contributed by atoms with E-state index in [9.17, 15) is 0 Å². The van der Waals surface area contributed by atoms with Crippen molar-refractivity contribution in [3.05, 3.63) is 76.6 Å². The number of nitrogens with zero attached hydrogens (tertiary/aromatic N) is 3. The minimum absolute atomic E-state index is 0.463. The maximum Gasteiger partial charge on any atom is 0.216 e. The van der Waals surface area contributed by atoms with Crippen molar-refractivity contribution < 1.29 is 0 Å². The molecule has 5 heteroatoms. The second-order valence-corrected chi connectivity index (χ2v) is 5.45. The highest BCUT2D eigenvalue weighted by molar-refractivity contribution is 7.71. The van der Waals surface area contributed by atoms with Crippen LogP contribution in [0.15, 0.2) is 65.8 Å². The Hall–Kier alpha value is -2.79. The SMILES string of the molecule is Cc1ccc(-c2n[nH]c(=S)n2/N=C\C=C\c2ccccc2)cc1. The first-order chi connectivity index (χ1) is 11.2. The van der Waals surface area contributed by atoms with Gasteiger partial charge in [-0.15, -0.1) is 0 Å². The molecule has 0 amide bonds. The summed E-state index contributed by atoms with van der Waals surface area (Å²) in [6.45, 7) is 2.05. The van der Waals surface area contributed by atoms with Crippen LogP contribution in [-0.4, -0.2) is 21.1 Å². The van der Waals surface area contributed by atoms with Crippen LogP contribution in [0.4, 0.5) is 0 Å². The smallest absolute Gasteiger partial charge is 0.216 e. The Balaban J connectivity index is 1.84. The monoisotopic (exact) mass is 320 g/mol. The normalized spacial score (nSPS) is 11.5. The number of nitrogens with one attached hydrogen (secondary N) is 1. The Kier molecular flexibility index (Phi) is 4.59. The van der Waals surface area contributed by atoms with Crippen LogP contribution in [0.5, 0.6) is 0 Å². The van der Waals surface area contributed by atoms with Gasteiger partial charge in [-0.2, -0.15) is 14.9 Å². The third kappa shape index (κ3) is 3.70. The van der Waals surface area contributed by atoms with Crippen LogP contribution in [0.25, 0.3) is 17.5 Å². The molecule has 0 unspecified atom stereocenters. The Labute approximate surface area is 139 Å². The van der Waals surface area contributed by atoms with Crippen molar-refractivity contribution in [3.63, 3.8) is 0 Å². The number of benzene rings is 2. The van der Waals surface area contributed by atoms with Gasteiger partial charge in [0.25, 0.3) is 0 Å². The maximum absolute atomic E-state index is 5.25. The molecule has 2 aromatic carbocycles. The summed E-state index contributed by atoms with van der Waals surface area (Å²) >= 11 is 5.25. The highest BCUT2D eigenvalue weighted by Gasteiger charge is 2.07. The van der Waals surface area contributed by atoms with Gasteiger partial charge >= 0.3 is 0 Å². The van der Waals surface area contributed by atoms with Crippen LogP contribution in [-0.2, 0) is 0 Å². The lowest BCUT2D eigenvalue weighted by atomic mass is 10.1. The predicted molar refractivity (Wildman–Crippen MR) is 97.0 cm³/mol. The molecule has 0 aliphatic carbocycles. The van der Waals surface area contributed by atoms with Crippen molar-refractivity contribution in [1.29, 1.82) is 0 Å². The average molecular weight is 320 g/mol. The van der Waals surface area contributed by atoms with E-state index in [2.05, 4.69) is 15.3 Å². The highest BCUT2D eigenvalue weighted by atomic mass is 32.1. The lowest BCUT2D eigenvalue weighted by Gasteiger charge is -2.00. The molecule has 3 rings (SSSR count). The summed E-state index contributed by atoms with van der Waals surface area (Å²) in [5.41, 5.74) is 3.28. The molecule has 23 heavy (non-hydrogen) atoms. The van der Waals surface area contributed by atoms with Crippen LogP contribution in [0.2, 0.25) is 0 Å². The molecule has 0 spiro atoms. The van der Waals surface area contributed by atoms with Crippen molar-refractivity contribution in [2.75, 3.05) is 0 Å². The Bertz CT molecular complexity index is 887. The second-order valence-electron chi connectivity index (χ2n) is 5.06. The summed E-state index contributed by atoms with van der Waals surface area (Å²) in [5, 5.41) is 11.4. The van der Waals surface area contributed by atoms with E-state index in [1.54, 1.807) is 10.9 Å². The molecule has 0 atom stereocenters. The Morgan fingerprint density at radius 3 is 2.57 bits per heavy atom. The van der Waals surface area contributed by atoms with Crippen molar-refractivity contribution in [2.45, 2.75) is 6.92 Å². The summed E-state index contributed by atoms with van der Waals surface area (Å²) in [6.07, 6.45) is 5.57. The average Bonchev–Trinajstić information content (AvgIpc) is 2.94. The number of aromatic amines is 1. The van der Waals surface area contributed by atoms with Crippen molar-refractivity contribution in [2.24, 2.45) is 5.10 Å². The standard InChI is InChI=1S/C18H16N4S/c1-14-9-11-16(12-10-14)17-20-21-18(23)22(17)19-13-5-8-15-6-3-2-4-7-15/h2-13H,1H3,(H,21,23)/b8-5+,19-13-. The quantitative estimate of drug-likeness (QED) is 0.570. The fraction of sp³-hybridized carbons (Fsp3) is 0.0556. The van der Waals surface area contributed by atoms with Gasteiger partial charge in [0, 0.05) is 11.8 Å². The number of H-pyrrole nitrogens is 1. The molecule has 0 fully saturated rings. The summed E-state index contributed by atoms with van der Waals surface area (Å²) in [7, 11) is 0. The van der Waals surface area contributed by atoms with Gasteiger partial charge in [0.05, 0.1) is 0 Å². The van der Waals surface area contributed by atoms with Gasteiger partial charge in [0.1, 0.15) is 0 Å². The van der Waals surface area contributed by atoms with Crippen LogP contribution >= 0.6 is 12.2 Å². The number of hydrogen-bond donors (Lipinski definition) is 1. The molecule has 0 bridgehead atoms. The molecule has 0 saturated heterocycles. The number of aryl methyl sites for hydroxylation is 1. The number of rotatable bonds is 4. The number of hydrogen-bond acceptors (Lipinski definition) is 3. The zero-order valence-corrected chi connectivity index (χ0v) is 13.5. The number of allylic oxidation sites excluding steroid dienone is 1. The van der Waals surface area contributed by atoms with Gasteiger partial charge in [-0.3, -0.25) is 0 Å². The van der Waals surface area contributed by atoms with Crippen molar-refractivity contribution in [3.8, 4) is 11.4 Å². The third-order valence-electron chi connectivity index (χ3n) is 3.32. The highest BCUT2D eigenvalue weighted by Crippen LogP contribution is 2.17. The maximum atomic E-state index is 5.25. The molecule has 114 valence electrons. The fourth-order valence-electron chi connectivity index (χ4n) is 2.11. The lowest BCUT2D eigenvalue weighted by Crippen LogP contribution is -1.93. The molecule has 0 radical (unpaired) electrons. The Morgan fingerprint density at radius 1 is 1.09 bits per heavy atom. The van der Waals surface area contributed by atoms with Gasteiger partial charge in [0.2, 0.25) is 4.77 Å². The summed E-state index contributed by atoms with van der Waals surface area (Å²) in [6, 6.07) is 18.1. The predicted octanol–water partition coefficient (Wildman–Crippen LogP) is 4.46. The molecule has 0 saturated carbocycles. The Morgan fingerprint density at radius 2 is 1.83 bits per heavy atom. The largest absolute Gasteiger partial charge is 0.250 e. The van der Waals surface area contributed by atoms with Gasteiger partial charge < -0.3 is 0 Å². The lowest BCUT2D eigenvalue weighted by molar-refractivity contribution is 0.872. The third-order valence-corrected chi connectivity index (χ3v) is 3.58. The van der Waals surface area contributed by atoms with Crippen LogP contribution < -0.4 is 0 Å². The van der Waals surface area contributed by atoms with E-state index in [-0.39, 0.29) is 0 Å². The van der Waals surface area contributed by atoms with Gasteiger partial charge in [-0.1, -0.05) is 66.2 Å². The fourth-order valence-corrected chi connectivity index (χ4v) is 2.29. The van der Waals surface area contributed by atoms with Crippen LogP contribution in [0.3, 0.4) is 0 Å². The van der Waals surface area contributed by atoms with E-state index in [1.165, 1.54) is 5.56 Å². The zero-order chi connectivity index (χ0) is 16.1. The first kappa shape index (κ1) is 15.1. The van der Waals surface area contributed by atoms with E-state index in [0.29, 0.717) is 10.6 Å². The summed E-state index contributed by atoms with van der Waals surface area (Å²) in [5.74, 6) is 0.694. The first-order valence-corrected chi connectivity index (χ1v) is 7.65. The van der Waals surface area contributed by atoms with E-state index >= 15 is 0 Å². The van der Waals surface area contributed by atoms with E-state index < -0.39 is 0 Å². The minimum Gasteiger partial charge on any atom is -0.250 e. The topological polar surface area (TPSA) is 46.0 Å². The molecular formula is C18H16N4S. The summed E-state index contributed by atoms with van der Waals surface area (Å²) in [4.78, 5) is 0. The van der Waals surface area contributed by atoms with E-state index in [1.807, 2.05) is 73.7 Å². The van der Waals surface area contributed by atoms with Crippen molar-refractivity contribution >= 4 is 24.5 Å². The van der Waals surface area contributed by atoms with Gasteiger partial charge in [-0.05, 0) is 30.8 Å². The molecular weight excluding hydrogens is 304 g/mol. The molecule has 1 aromatic heterocycles. The summed E-state index contributed by atoms with van der Waals surface area (Å²) < 4.78 is 2.08. The molecule has 4 nitrogen and oxygen atoms in total. The molecule has 1 heterocycles. The zero-order valence-electron chi connectivity index (χ0n) is 12.7. The first-order valence-electron chi connectivity index (χ1n) is 7.24.